The van der Waals surface area contributed by atoms with Crippen LogP contribution >= 0.6 is 0 Å². The SMILES string of the molecule is CC(C)CCCC(C)CCOc1cc2c(c(O)c1OCCC(C)CCCC(C)C)C(=O)c1cc(OCCC(C)CCCC(C)C)c(OCCC(C)CCCC(C)C)c(O)c1C2=O. The quantitative estimate of drug-likeness (QED) is 0.0638. The molecule has 2 N–H and O–H groups in total. The van der Waals surface area contributed by atoms with Crippen LogP contribution in [0, 0.1) is 47.3 Å². The van der Waals surface area contributed by atoms with Gasteiger partial charge >= 0.3 is 0 Å². The van der Waals surface area contributed by atoms with E-state index in [1.165, 1.54) is 37.8 Å². The van der Waals surface area contributed by atoms with Gasteiger partial charge in [-0.25, -0.2) is 0 Å². The summed E-state index contributed by atoms with van der Waals surface area (Å²) >= 11 is 0. The molecule has 352 valence electrons. The monoisotopic (exact) mass is 865 g/mol. The van der Waals surface area contributed by atoms with E-state index in [1.54, 1.807) is 0 Å². The number of ketones is 2. The van der Waals surface area contributed by atoms with Crippen molar-refractivity contribution in [3.63, 3.8) is 0 Å². The Morgan fingerprint density at radius 3 is 0.903 bits per heavy atom. The number of hydrogen-bond acceptors (Lipinski definition) is 8. The number of phenolic OH excluding ortho intramolecular Hbond substituents is 2. The topological polar surface area (TPSA) is 112 Å². The lowest BCUT2D eigenvalue weighted by molar-refractivity contribution is 0.0971. The third-order valence-electron chi connectivity index (χ3n) is 12.7. The van der Waals surface area contributed by atoms with E-state index in [9.17, 15) is 19.8 Å². The average molecular weight is 865 g/mol. The number of fused-ring (bicyclic) bond motifs is 2. The minimum Gasteiger partial charge on any atom is -0.504 e. The van der Waals surface area contributed by atoms with E-state index in [0.717, 1.165) is 77.0 Å². The van der Waals surface area contributed by atoms with Gasteiger partial charge in [-0.3, -0.25) is 9.59 Å². The van der Waals surface area contributed by atoms with E-state index in [2.05, 4.69) is 83.1 Å². The van der Waals surface area contributed by atoms with E-state index < -0.39 is 23.1 Å². The van der Waals surface area contributed by atoms with E-state index in [-0.39, 0.29) is 45.3 Å². The maximum Gasteiger partial charge on any atom is 0.204 e. The first-order valence-corrected chi connectivity index (χ1v) is 24.8. The van der Waals surface area contributed by atoms with Gasteiger partial charge in [-0.05, 0) is 85.2 Å². The fraction of sp³-hybridized carbons (Fsp3) is 0.741. The standard InChI is InChI=1S/C54H88O8/c1-35(2)17-13-21-39(9)25-29-59-45-33-43-47(51(57)53(45)61-31-27-41(11)23-15-19-37(5)6)50(56)44-34-46(60-30-26-40(10)22-14-18-36(3)4)54(52(58)48(44)49(43)55)62-32-28-42(12)24-16-20-38(7)8/h33-42,57-58H,13-32H2,1-12H3. The first kappa shape index (κ1) is 52.9. The number of phenols is 2. The maximum absolute atomic E-state index is 14.6. The zero-order valence-corrected chi connectivity index (χ0v) is 41.3. The second-order valence-corrected chi connectivity index (χ2v) is 20.9. The van der Waals surface area contributed by atoms with Crippen LogP contribution in [0.5, 0.6) is 34.5 Å². The molecule has 8 nitrogen and oxygen atoms in total. The Bertz CT molecular complexity index is 1540. The summed E-state index contributed by atoms with van der Waals surface area (Å²) < 4.78 is 25.3. The summed E-state index contributed by atoms with van der Waals surface area (Å²) in [5, 5.41) is 23.9. The van der Waals surface area contributed by atoms with Crippen molar-refractivity contribution in [3.05, 3.63) is 34.4 Å². The molecule has 0 aromatic heterocycles. The smallest absolute Gasteiger partial charge is 0.204 e. The molecule has 4 unspecified atom stereocenters. The molecule has 3 rings (SSSR count). The third-order valence-corrected chi connectivity index (χ3v) is 12.7. The fourth-order valence-corrected chi connectivity index (χ4v) is 8.37. The first-order chi connectivity index (χ1) is 29.4. The van der Waals surface area contributed by atoms with Crippen LogP contribution in [0.4, 0.5) is 0 Å². The number of ether oxygens (including phenoxy) is 4. The summed E-state index contributed by atoms with van der Waals surface area (Å²) in [4.78, 5) is 29.1. The van der Waals surface area contributed by atoms with Gasteiger partial charge in [0.25, 0.3) is 0 Å². The number of carbonyl (C=O) groups is 2. The highest BCUT2D eigenvalue weighted by atomic mass is 16.5. The van der Waals surface area contributed by atoms with Gasteiger partial charge in [-0.2, -0.15) is 0 Å². The fourth-order valence-electron chi connectivity index (χ4n) is 8.37. The van der Waals surface area contributed by atoms with Gasteiger partial charge in [0, 0.05) is 11.1 Å². The molecular weight excluding hydrogens is 777 g/mol. The molecule has 2 aromatic rings. The van der Waals surface area contributed by atoms with Gasteiger partial charge in [0.1, 0.15) is 0 Å². The van der Waals surface area contributed by atoms with Crippen LogP contribution in [0.3, 0.4) is 0 Å². The van der Waals surface area contributed by atoms with Crippen LogP contribution in [0.2, 0.25) is 0 Å². The number of hydrogen-bond donors (Lipinski definition) is 2. The van der Waals surface area contributed by atoms with Crippen LogP contribution in [0.1, 0.15) is 218 Å². The van der Waals surface area contributed by atoms with E-state index in [0.29, 0.717) is 73.8 Å². The van der Waals surface area contributed by atoms with Gasteiger partial charge in [0.05, 0.1) is 37.6 Å². The largest absolute Gasteiger partial charge is 0.504 e. The normalized spacial score (nSPS) is 14.6. The highest BCUT2D eigenvalue weighted by molar-refractivity contribution is 6.31. The first-order valence-electron chi connectivity index (χ1n) is 24.8. The van der Waals surface area contributed by atoms with Gasteiger partial charge in [0.15, 0.2) is 34.6 Å². The highest BCUT2D eigenvalue weighted by Crippen LogP contribution is 2.50. The van der Waals surface area contributed by atoms with Crippen LogP contribution in [-0.4, -0.2) is 48.2 Å². The molecule has 0 spiro atoms. The predicted octanol–water partition coefficient (Wildman–Crippen LogP) is 14.8. The molecule has 0 amide bonds. The van der Waals surface area contributed by atoms with Gasteiger partial charge in [0.2, 0.25) is 11.5 Å². The minimum absolute atomic E-state index is 0.0294. The second kappa shape index (κ2) is 27.0. The molecule has 0 aliphatic heterocycles. The zero-order chi connectivity index (χ0) is 45.9. The molecule has 1 aliphatic carbocycles. The van der Waals surface area contributed by atoms with Crippen LogP contribution in [-0.2, 0) is 0 Å². The van der Waals surface area contributed by atoms with E-state index in [4.69, 9.17) is 18.9 Å². The molecule has 1 aliphatic rings. The van der Waals surface area contributed by atoms with Crippen molar-refractivity contribution in [1.29, 1.82) is 0 Å². The van der Waals surface area contributed by atoms with E-state index in [1.807, 2.05) is 0 Å². The van der Waals surface area contributed by atoms with Crippen molar-refractivity contribution in [3.8, 4) is 34.5 Å². The molecule has 0 fully saturated rings. The molecule has 2 aromatic carbocycles. The Balaban J connectivity index is 1.97. The van der Waals surface area contributed by atoms with Crippen molar-refractivity contribution in [2.75, 3.05) is 26.4 Å². The molecule has 0 bridgehead atoms. The van der Waals surface area contributed by atoms with Crippen molar-refractivity contribution >= 4 is 11.6 Å². The Morgan fingerprint density at radius 2 is 0.645 bits per heavy atom. The molecule has 62 heavy (non-hydrogen) atoms. The van der Waals surface area contributed by atoms with Gasteiger partial charge in [-0.1, -0.05) is 160 Å². The summed E-state index contributed by atoms with van der Waals surface area (Å²) in [7, 11) is 0. The molecule has 0 saturated heterocycles. The average Bonchev–Trinajstić information content (AvgIpc) is 3.18. The number of rotatable bonds is 32. The number of aromatic hydroxyl groups is 2. The molecule has 8 heteroatoms. The Hall–Kier alpha value is -3.42. The molecule has 0 radical (unpaired) electrons. The molecule has 0 saturated carbocycles. The number of carbonyl (C=O) groups excluding carboxylic acids is 2. The van der Waals surface area contributed by atoms with Crippen LogP contribution in [0.15, 0.2) is 12.1 Å². The predicted molar refractivity (Wildman–Crippen MR) is 255 cm³/mol. The van der Waals surface area contributed by atoms with Gasteiger partial charge in [-0.15, -0.1) is 0 Å². The van der Waals surface area contributed by atoms with Crippen molar-refractivity contribution in [1.82, 2.24) is 0 Å². The lowest BCUT2D eigenvalue weighted by atomic mass is 9.82. The van der Waals surface area contributed by atoms with Crippen molar-refractivity contribution in [2.45, 2.75) is 186 Å². The molecular formula is C54H88O8. The van der Waals surface area contributed by atoms with Crippen molar-refractivity contribution < 1.29 is 38.7 Å². The summed E-state index contributed by atoms with van der Waals surface area (Å²) in [5.74, 6) is 2.89. The lowest BCUT2D eigenvalue weighted by Gasteiger charge is -2.25. The lowest BCUT2D eigenvalue weighted by Crippen LogP contribution is -2.23. The third kappa shape index (κ3) is 17.3. The van der Waals surface area contributed by atoms with Crippen LogP contribution < -0.4 is 18.9 Å². The molecule has 0 heterocycles. The summed E-state index contributed by atoms with van der Waals surface area (Å²) in [6, 6.07) is 3.04. The van der Waals surface area contributed by atoms with E-state index >= 15 is 0 Å². The Kier molecular flexibility index (Phi) is 23.1. The number of benzene rings is 2. The minimum atomic E-state index is -0.586. The maximum atomic E-state index is 14.6. The Morgan fingerprint density at radius 1 is 0.387 bits per heavy atom. The summed E-state index contributed by atoms with van der Waals surface area (Å²) in [5.41, 5.74) is -0.355. The second-order valence-electron chi connectivity index (χ2n) is 20.9. The van der Waals surface area contributed by atoms with Crippen LogP contribution in [0.25, 0.3) is 0 Å². The van der Waals surface area contributed by atoms with Gasteiger partial charge < -0.3 is 29.2 Å². The highest BCUT2D eigenvalue weighted by Gasteiger charge is 2.39. The zero-order valence-electron chi connectivity index (χ0n) is 41.3. The molecule has 4 atom stereocenters. The summed E-state index contributed by atoms with van der Waals surface area (Å²) in [6.07, 6.45) is 16.7. The Labute approximate surface area is 377 Å². The van der Waals surface area contributed by atoms with Crippen molar-refractivity contribution in [2.24, 2.45) is 47.3 Å². The summed E-state index contributed by atoms with van der Waals surface area (Å²) in [6.45, 7) is 28.1.